The van der Waals surface area contributed by atoms with Gasteiger partial charge in [-0.2, -0.15) is 0 Å². The van der Waals surface area contributed by atoms with Crippen molar-refractivity contribution in [2.75, 3.05) is 6.61 Å². The average Bonchev–Trinajstić information content (AvgIpc) is 2.32. The van der Waals surface area contributed by atoms with Crippen LogP contribution in [-0.4, -0.2) is 21.3 Å². The molecule has 4 nitrogen and oxygen atoms in total. The van der Waals surface area contributed by atoms with E-state index in [1.807, 2.05) is 18.2 Å². The maximum atomic E-state index is 11.9. The van der Waals surface area contributed by atoms with Gasteiger partial charge in [0.05, 0.1) is 0 Å². The van der Waals surface area contributed by atoms with Gasteiger partial charge in [0.2, 0.25) is 0 Å². The summed E-state index contributed by atoms with van der Waals surface area (Å²) in [6.45, 7) is 0.105. The molecule has 0 saturated heterocycles. The number of rotatable bonds is 3. The molecule has 0 aliphatic carbocycles. The van der Waals surface area contributed by atoms with Crippen LogP contribution in [0.5, 0.6) is 0 Å². The lowest BCUT2D eigenvalue weighted by molar-refractivity contribution is 0.288. The standard InChI is InChI=1S/C12H14N2O2/c1-14-11-9(4-2-6-13-11)8-10(12(14)16)5-3-7-15/h2,4,6,8,15H,3,5,7H2,1H3. The molecule has 1 N–H and O–H groups in total. The summed E-state index contributed by atoms with van der Waals surface area (Å²) in [6, 6.07) is 5.65. The molecule has 0 unspecified atom stereocenters. The topological polar surface area (TPSA) is 55.1 Å². The van der Waals surface area contributed by atoms with Gasteiger partial charge >= 0.3 is 0 Å². The zero-order chi connectivity index (χ0) is 11.5. The van der Waals surface area contributed by atoms with Crippen molar-refractivity contribution in [3.05, 3.63) is 40.3 Å². The van der Waals surface area contributed by atoms with Crippen LogP contribution in [0.4, 0.5) is 0 Å². The number of hydrogen-bond donors (Lipinski definition) is 1. The minimum atomic E-state index is -0.0281. The number of nitrogens with zero attached hydrogens (tertiary/aromatic N) is 2. The van der Waals surface area contributed by atoms with E-state index in [0.29, 0.717) is 18.5 Å². The lowest BCUT2D eigenvalue weighted by Gasteiger charge is -2.06. The van der Waals surface area contributed by atoms with Gasteiger partial charge in [-0.3, -0.25) is 9.36 Å². The summed E-state index contributed by atoms with van der Waals surface area (Å²) in [7, 11) is 1.72. The van der Waals surface area contributed by atoms with E-state index in [9.17, 15) is 4.79 Å². The van der Waals surface area contributed by atoms with Crippen LogP contribution >= 0.6 is 0 Å². The molecule has 0 bridgehead atoms. The van der Waals surface area contributed by atoms with Gasteiger partial charge in [0.1, 0.15) is 5.65 Å². The second-order valence-corrected chi connectivity index (χ2v) is 3.78. The average molecular weight is 218 g/mol. The van der Waals surface area contributed by atoms with Crippen LogP contribution in [0.15, 0.2) is 29.2 Å². The zero-order valence-corrected chi connectivity index (χ0v) is 9.18. The van der Waals surface area contributed by atoms with Crippen LogP contribution in [0.2, 0.25) is 0 Å². The fraction of sp³-hybridized carbons (Fsp3) is 0.333. The highest BCUT2D eigenvalue weighted by atomic mass is 16.2. The minimum absolute atomic E-state index is 0.0281. The van der Waals surface area contributed by atoms with E-state index in [1.54, 1.807) is 17.8 Å². The molecule has 0 spiro atoms. The monoisotopic (exact) mass is 218 g/mol. The Kier molecular flexibility index (Phi) is 3.01. The fourth-order valence-electron chi connectivity index (χ4n) is 1.81. The summed E-state index contributed by atoms with van der Waals surface area (Å²) < 4.78 is 1.56. The van der Waals surface area contributed by atoms with Crippen LogP contribution in [0.3, 0.4) is 0 Å². The molecule has 2 aromatic heterocycles. The Labute approximate surface area is 93.2 Å². The molecular formula is C12H14N2O2. The molecule has 0 amide bonds. The second-order valence-electron chi connectivity index (χ2n) is 3.78. The van der Waals surface area contributed by atoms with E-state index >= 15 is 0 Å². The van der Waals surface area contributed by atoms with Crippen molar-refractivity contribution in [1.82, 2.24) is 9.55 Å². The van der Waals surface area contributed by atoms with Gasteiger partial charge in [0.25, 0.3) is 5.56 Å². The van der Waals surface area contributed by atoms with Gasteiger partial charge < -0.3 is 5.11 Å². The van der Waals surface area contributed by atoms with Gasteiger partial charge in [-0.1, -0.05) is 0 Å². The first kappa shape index (κ1) is 10.8. The van der Waals surface area contributed by atoms with Gasteiger partial charge in [-0.25, -0.2) is 4.98 Å². The van der Waals surface area contributed by atoms with Crippen molar-refractivity contribution >= 4 is 11.0 Å². The molecule has 84 valence electrons. The van der Waals surface area contributed by atoms with Crippen LogP contribution in [0.1, 0.15) is 12.0 Å². The summed E-state index contributed by atoms with van der Waals surface area (Å²) in [5, 5.41) is 9.74. The number of aliphatic hydroxyl groups excluding tert-OH is 1. The van der Waals surface area contributed by atoms with Crippen molar-refractivity contribution in [3.63, 3.8) is 0 Å². The predicted molar refractivity (Wildman–Crippen MR) is 62.4 cm³/mol. The first-order chi connectivity index (χ1) is 7.74. The Bertz CT molecular complexity index is 560. The summed E-state index contributed by atoms with van der Waals surface area (Å²) in [5.74, 6) is 0. The Hall–Kier alpha value is -1.68. The van der Waals surface area contributed by atoms with E-state index < -0.39 is 0 Å². The highest BCUT2D eigenvalue weighted by Gasteiger charge is 2.06. The molecule has 16 heavy (non-hydrogen) atoms. The fourth-order valence-corrected chi connectivity index (χ4v) is 1.81. The number of aliphatic hydroxyl groups is 1. The quantitative estimate of drug-likeness (QED) is 0.831. The van der Waals surface area contributed by atoms with Crippen molar-refractivity contribution in [2.24, 2.45) is 7.05 Å². The Balaban J connectivity index is 2.60. The summed E-state index contributed by atoms with van der Waals surface area (Å²) in [5.41, 5.74) is 1.40. The first-order valence-corrected chi connectivity index (χ1v) is 5.28. The number of aryl methyl sites for hydroxylation is 2. The Morgan fingerprint density at radius 2 is 2.31 bits per heavy atom. The van der Waals surface area contributed by atoms with Gasteiger partial charge in [0.15, 0.2) is 0 Å². The molecular weight excluding hydrogens is 204 g/mol. The van der Waals surface area contributed by atoms with Crippen molar-refractivity contribution in [2.45, 2.75) is 12.8 Å². The number of aromatic nitrogens is 2. The normalized spacial score (nSPS) is 10.9. The van der Waals surface area contributed by atoms with E-state index in [0.717, 1.165) is 10.9 Å². The number of hydrogen-bond acceptors (Lipinski definition) is 3. The van der Waals surface area contributed by atoms with E-state index in [2.05, 4.69) is 4.98 Å². The third kappa shape index (κ3) is 1.84. The van der Waals surface area contributed by atoms with Crippen LogP contribution < -0.4 is 5.56 Å². The van der Waals surface area contributed by atoms with Crippen molar-refractivity contribution < 1.29 is 5.11 Å². The zero-order valence-electron chi connectivity index (χ0n) is 9.18. The van der Waals surface area contributed by atoms with Gasteiger partial charge in [0, 0.05) is 30.8 Å². The van der Waals surface area contributed by atoms with Crippen LogP contribution in [0.25, 0.3) is 11.0 Å². The number of pyridine rings is 2. The van der Waals surface area contributed by atoms with Gasteiger partial charge in [-0.15, -0.1) is 0 Å². The maximum absolute atomic E-state index is 11.9. The molecule has 0 aromatic carbocycles. The van der Waals surface area contributed by atoms with E-state index in [1.165, 1.54) is 0 Å². The lowest BCUT2D eigenvalue weighted by atomic mass is 10.1. The first-order valence-electron chi connectivity index (χ1n) is 5.28. The second kappa shape index (κ2) is 4.45. The lowest BCUT2D eigenvalue weighted by Crippen LogP contribution is -2.22. The largest absolute Gasteiger partial charge is 0.396 e. The van der Waals surface area contributed by atoms with Crippen LogP contribution in [-0.2, 0) is 13.5 Å². The molecule has 0 atom stereocenters. The predicted octanol–water partition coefficient (Wildman–Crippen LogP) is 0.858. The smallest absolute Gasteiger partial charge is 0.255 e. The van der Waals surface area contributed by atoms with Crippen LogP contribution in [0, 0.1) is 0 Å². The molecule has 2 rings (SSSR count). The highest BCUT2D eigenvalue weighted by molar-refractivity contribution is 5.75. The third-order valence-corrected chi connectivity index (χ3v) is 2.65. The van der Waals surface area contributed by atoms with E-state index in [4.69, 9.17) is 5.11 Å². The summed E-state index contributed by atoms with van der Waals surface area (Å²) in [6.07, 6.45) is 2.89. The molecule has 0 saturated carbocycles. The van der Waals surface area contributed by atoms with Crippen molar-refractivity contribution in [1.29, 1.82) is 0 Å². The third-order valence-electron chi connectivity index (χ3n) is 2.65. The summed E-state index contributed by atoms with van der Waals surface area (Å²) >= 11 is 0. The Morgan fingerprint density at radius 1 is 1.50 bits per heavy atom. The van der Waals surface area contributed by atoms with Crippen molar-refractivity contribution in [3.8, 4) is 0 Å². The SMILES string of the molecule is Cn1c(=O)c(CCCO)cc2cccnc21. The molecule has 0 aliphatic rings. The number of fused-ring (bicyclic) bond motifs is 1. The molecule has 0 radical (unpaired) electrons. The maximum Gasteiger partial charge on any atom is 0.255 e. The molecule has 2 aromatic rings. The summed E-state index contributed by atoms with van der Waals surface area (Å²) in [4.78, 5) is 16.1. The highest BCUT2D eigenvalue weighted by Crippen LogP contribution is 2.10. The minimum Gasteiger partial charge on any atom is -0.396 e. The van der Waals surface area contributed by atoms with E-state index in [-0.39, 0.29) is 12.2 Å². The molecule has 2 heterocycles. The molecule has 0 aliphatic heterocycles. The van der Waals surface area contributed by atoms with Gasteiger partial charge in [-0.05, 0) is 31.0 Å². The Morgan fingerprint density at radius 3 is 3.06 bits per heavy atom. The molecule has 4 heteroatoms. The molecule has 0 fully saturated rings.